The summed E-state index contributed by atoms with van der Waals surface area (Å²) in [4.78, 5) is 13.2. The monoisotopic (exact) mass is 417 g/mol. The second kappa shape index (κ2) is 8.23. The molecule has 1 fully saturated rings. The molecule has 0 heterocycles. The third kappa shape index (κ3) is 3.93. The summed E-state index contributed by atoms with van der Waals surface area (Å²) in [5.41, 5.74) is 6.57. The molecule has 3 rings (SSSR count). The number of esters is 1. The van der Waals surface area contributed by atoms with Crippen molar-refractivity contribution in [2.45, 2.75) is 36.8 Å². The van der Waals surface area contributed by atoms with Crippen molar-refractivity contribution in [3.05, 3.63) is 84.2 Å². The molecule has 29 heavy (non-hydrogen) atoms. The van der Waals surface area contributed by atoms with Crippen LogP contribution >= 0.6 is 7.37 Å². The molecule has 0 amide bonds. The van der Waals surface area contributed by atoms with Crippen molar-refractivity contribution in [3.63, 3.8) is 0 Å². The molecule has 0 spiro atoms. The highest BCUT2D eigenvalue weighted by molar-refractivity contribution is 7.61. The van der Waals surface area contributed by atoms with E-state index in [1.807, 2.05) is 30.3 Å². The van der Waals surface area contributed by atoms with Gasteiger partial charge < -0.3 is 15.0 Å². The summed E-state index contributed by atoms with van der Waals surface area (Å²) >= 11 is 0. The molecule has 0 saturated heterocycles. The molecular formula is C22H25FNO4P. The average Bonchev–Trinajstić information content (AvgIpc) is 3.37. The second-order valence-electron chi connectivity index (χ2n) is 7.22. The van der Waals surface area contributed by atoms with E-state index in [-0.39, 0.29) is 25.8 Å². The highest BCUT2D eigenvalue weighted by Gasteiger charge is 2.79. The fourth-order valence-corrected chi connectivity index (χ4v) is 6.89. The molecule has 0 aliphatic heterocycles. The van der Waals surface area contributed by atoms with Crippen LogP contribution in [0.15, 0.2) is 67.3 Å². The molecule has 1 saturated carbocycles. The molecule has 7 heteroatoms. The van der Waals surface area contributed by atoms with Crippen molar-refractivity contribution in [1.82, 2.24) is 0 Å². The molecule has 0 radical (unpaired) electrons. The van der Waals surface area contributed by atoms with Crippen LogP contribution in [-0.2, 0) is 31.4 Å². The van der Waals surface area contributed by atoms with Crippen LogP contribution in [0.3, 0.4) is 0 Å². The summed E-state index contributed by atoms with van der Waals surface area (Å²) in [6.45, 7) is 5.60. The van der Waals surface area contributed by atoms with Gasteiger partial charge in [0.05, 0.1) is 18.3 Å². The van der Waals surface area contributed by atoms with Crippen LogP contribution in [0.5, 0.6) is 0 Å². The first kappa shape index (κ1) is 21.4. The predicted molar refractivity (Wildman–Crippen MR) is 110 cm³/mol. The first-order chi connectivity index (χ1) is 13.8. The SMILES string of the molecule is C=CC1(N)CC1(C(=O)OCc1ccccc1)P(=O)(Cc1ccc(F)cc1)OCC. The normalized spacial score (nSPS) is 25.1. The third-order valence-electron chi connectivity index (χ3n) is 5.33. The number of benzene rings is 2. The first-order valence-corrected chi connectivity index (χ1v) is 11.2. The van der Waals surface area contributed by atoms with Gasteiger partial charge in [0.15, 0.2) is 5.16 Å². The number of rotatable bonds is 9. The van der Waals surface area contributed by atoms with Gasteiger partial charge in [-0.05, 0) is 36.6 Å². The Morgan fingerprint density at radius 1 is 1.21 bits per heavy atom. The van der Waals surface area contributed by atoms with Gasteiger partial charge >= 0.3 is 5.97 Å². The lowest BCUT2D eigenvalue weighted by molar-refractivity contribution is -0.146. The molecule has 2 aromatic rings. The van der Waals surface area contributed by atoms with Crippen molar-refractivity contribution < 1.29 is 23.0 Å². The first-order valence-electron chi connectivity index (χ1n) is 9.42. The zero-order valence-corrected chi connectivity index (χ0v) is 17.2. The van der Waals surface area contributed by atoms with Crippen LogP contribution in [0.4, 0.5) is 4.39 Å². The molecule has 3 unspecified atom stereocenters. The quantitative estimate of drug-likeness (QED) is 0.371. The predicted octanol–water partition coefficient (Wildman–Crippen LogP) is 4.41. The minimum absolute atomic E-state index is 0.0390. The Balaban J connectivity index is 1.91. The number of halogens is 1. The average molecular weight is 417 g/mol. The summed E-state index contributed by atoms with van der Waals surface area (Å²) in [6.07, 6.45) is 1.51. The Morgan fingerprint density at radius 3 is 2.41 bits per heavy atom. The van der Waals surface area contributed by atoms with Crippen molar-refractivity contribution in [3.8, 4) is 0 Å². The summed E-state index contributed by atoms with van der Waals surface area (Å²) in [6, 6.07) is 14.8. The maximum atomic E-state index is 14.0. The van der Waals surface area contributed by atoms with Crippen LogP contribution < -0.4 is 5.73 Å². The number of nitrogens with two attached hydrogens (primary N) is 1. The number of hydrogen-bond acceptors (Lipinski definition) is 5. The van der Waals surface area contributed by atoms with E-state index in [1.165, 1.54) is 30.3 Å². The van der Waals surface area contributed by atoms with Crippen LogP contribution in [-0.4, -0.2) is 23.3 Å². The molecule has 2 N–H and O–H groups in total. The molecule has 1 aliphatic rings. The van der Waals surface area contributed by atoms with Gasteiger partial charge in [-0.25, -0.2) is 4.39 Å². The molecule has 5 nitrogen and oxygen atoms in total. The fraction of sp³-hybridized carbons (Fsp3) is 0.318. The Bertz CT molecular complexity index is 934. The van der Waals surface area contributed by atoms with Crippen LogP contribution in [0.1, 0.15) is 24.5 Å². The van der Waals surface area contributed by atoms with E-state index in [0.717, 1.165) is 5.56 Å². The van der Waals surface area contributed by atoms with Crippen molar-refractivity contribution in [2.75, 3.05) is 6.61 Å². The van der Waals surface area contributed by atoms with Gasteiger partial charge in [-0.2, -0.15) is 0 Å². The van der Waals surface area contributed by atoms with Crippen molar-refractivity contribution in [1.29, 1.82) is 0 Å². The summed E-state index contributed by atoms with van der Waals surface area (Å²) in [5.74, 6) is -1.06. The van der Waals surface area contributed by atoms with Gasteiger partial charge in [-0.3, -0.25) is 9.36 Å². The molecule has 154 valence electrons. The van der Waals surface area contributed by atoms with Gasteiger partial charge in [0.2, 0.25) is 7.37 Å². The lowest BCUT2D eigenvalue weighted by Crippen LogP contribution is -2.41. The maximum absolute atomic E-state index is 14.0. The van der Waals surface area contributed by atoms with E-state index >= 15 is 0 Å². The zero-order chi connectivity index (χ0) is 21.1. The highest BCUT2D eigenvalue weighted by atomic mass is 31.2. The Labute approximate surface area is 170 Å². The van der Waals surface area contributed by atoms with E-state index in [0.29, 0.717) is 5.56 Å². The Morgan fingerprint density at radius 2 is 1.86 bits per heavy atom. The number of carbonyl (C=O) groups is 1. The third-order valence-corrected chi connectivity index (χ3v) is 8.71. The van der Waals surface area contributed by atoms with Crippen LogP contribution in [0.2, 0.25) is 0 Å². The minimum atomic E-state index is -3.66. The second-order valence-corrected chi connectivity index (χ2v) is 9.90. The van der Waals surface area contributed by atoms with Gasteiger partial charge in [0.25, 0.3) is 0 Å². The van der Waals surface area contributed by atoms with Gasteiger partial charge in [-0.15, -0.1) is 6.58 Å². The van der Waals surface area contributed by atoms with E-state index < -0.39 is 29.9 Å². The van der Waals surface area contributed by atoms with Crippen molar-refractivity contribution in [2.24, 2.45) is 5.73 Å². The van der Waals surface area contributed by atoms with Crippen LogP contribution in [0.25, 0.3) is 0 Å². The molecular weight excluding hydrogens is 392 g/mol. The maximum Gasteiger partial charge on any atom is 0.324 e. The summed E-state index contributed by atoms with van der Waals surface area (Å²) < 4.78 is 38.5. The molecule has 3 atom stereocenters. The largest absolute Gasteiger partial charge is 0.460 e. The minimum Gasteiger partial charge on any atom is -0.460 e. The highest BCUT2D eigenvalue weighted by Crippen LogP contribution is 2.76. The Kier molecular flexibility index (Phi) is 6.08. The molecule has 0 bridgehead atoms. The topological polar surface area (TPSA) is 78.6 Å². The van der Waals surface area contributed by atoms with E-state index in [2.05, 4.69) is 6.58 Å². The zero-order valence-electron chi connectivity index (χ0n) is 16.3. The van der Waals surface area contributed by atoms with Crippen molar-refractivity contribution >= 4 is 13.3 Å². The fourth-order valence-electron chi connectivity index (χ4n) is 3.63. The number of carbonyl (C=O) groups excluding carboxylic acids is 1. The summed E-state index contributed by atoms with van der Waals surface area (Å²) in [7, 11) is -3.66. The summed E-state index contributed by atoms with van der Waals surface area (Å²) in [5, 5.41) is -1.51. The standard InChI is InChI=1S/C22H25FNO4P/c1-3-21(24)16-22(21,20(25)27-14-17-8-6-5-7-9-17)29(26,28-4-2)15-18-10-12-19(23)13-11-18/h3,5-13H,1,4,14-16,24H2,2H3. The van der Waals surface area contributed by atoms with E-state index in [1.54, 1.807) is 6.92 Å². The molecule has 2 aromatic carbocycles. The Hall–Kier alpha value is -2.27. The van der Waals surface area contributed by atoms with Gasteiger partial charge in [0, 0.05) is 0 Å². The molecule has 1 aliphatic carbocycles. The van der Waals surface area contributed by atoms with E-state index in [9.17, 15) is 13.8 Å². The van der Waals surface area contributed by atoms with Gasteiger partial charge in [-0.1, -0.05) is 48.5 Å². The number of hydrogen-bond donors (Lipinski definition) is 1. The van der Waals surface area contributed by atoms with Crippen LogP contribution in [0, 0.1) is 5.82 Å². The lowest BCUT2D eigenvalue weighted by Gasteiger charge is -2.29. The number of ether oxygens (including phenoxy) is 1. The smallest absolute Gasteiger partial charge is 0.324 e. The molecule has 0 aromatic heterocycles. The lowest BCUT2D eigenvalue weighted by atomic mass is 10.2. The van der Waals surface area contributed by atoms with Gasteiger partial charge in [0.1, 0.15) is 12.4 Å². The van der Waals surface area contributed by atoms with E-state index in [4.69, 9.17) is 15.0 Å².